The predicted molar refractivity (Wildman–Crippen MR) is 126 cm³/mol. The second kappa shape index (κ2) is 8.76. The molecule has 1 saturated heterocycles. The Kier molecular flexibility index (Phi) is 5.80. The van der Waals surface area contributed by atoms with Crippen molar-refractivity contribution in [2.75, 3.05) is 26.2 Å². The molecule has 5 rings (SSSR count). The van der Waals surface area contributed by atoms with Crippen molar-refractivity contribution in [3.63, 3.8) is 0 Å². The average Bonchev–Trinajstić information content (AvgIpc) is 3.62. The second-order valence-corrected chi connectivity index (χ2v) is 10.8. The molecule has 2 fully saturated rings. The van der Waals surface area contributed by atoms with Crippen molar-refractivity contribution in [1.82, 2.24) is 19.0 Å². The van der Waals surface area contributed by atoms with E-state index in [9.17, 15) is 13.2 Å². The van der Waals surface area contributed by atoms with Gasteiger partial charge in [-0.2, -0.15) is 9.40 Å². The van der Waals surface area contributed by atoms with Crippen LogP contribution in [0.4, 0.5) is 0 Å². The van der Waals surface area contributed by atoms with Gasteiger partial charge in [0.15, 0.2) is 0 Å². The highest BCUT2D eigenvalue weighted by Crippen LogP contribution is 2.40. The highest BCUT2D eigenvalue weighted by molar-refractivity contribution is 7.89. The lowest BCUT2D eigenvalue weighted by atomic mass is 10.2. The van der Waals surface area contributed by atoms with Gasteiger partial charge in [-0.15, -0.1) is 0 Å². The lowest BCUT2D eigenvalue weighted by Gasteiger charge is -2.22. The first kappa shape index (κ1) is 21.9. The van der Waals surface area contributed by atoms with E-state index in [0.717, 1.165) is 29.8 Å². The van der Waals surface area contributed by atoms with E-state index in [-0.39, 0.29) is 12.5 Å². The van der Waals surface area contributed by atoms with E-state index in [1.807, 2.05) is 55.5 Å². The molecule has 1 aromatic heterocycles. The van der Waals surface area contributed by atoms with Crippen molar-refractivity contribution in [3.8, 4) is 5.69 Å². The predicted octanol–water partition coefficient (Wildman–Crippen LogP) is 3.59. The molecule has 0 atom stereocenters. The number of carbonyl (C=O) groups excluding carboxylic acids is 1. The number of hydrogen-bond donors (Lipinski definition) is 0. The SMILES string of the molecule is Cc1ccc(S(=O)(=O)N2CCCN(C(=O)c3cc(C4CC4)nn3-c3ccccc3)CC2)cc1. The summed E-state index contributed by atoms with van der Waals surface area (Å²) in [6, 6.07) is 18.5. The molecule has 2 aliphatic rings. The van der Waals surface area contributed by atoms with Crippen LogP contribution in [-0.2, 0) is 10.0 Å². The molecule has 2 heterocycles. The molecule has 33 heavy (non-hydrogen) atoms. The van der Waals surface area contributed by atoms with Crippen LogP contribution in [0.25, 0.3) is 5.69 Å². The standard InChI is InChI=1S/C25H28N4O3S/c1-19-8-12-22(13-9-19)33(31,32)28-15-5-14-27(16-17-28)25(30)24-18-23(20-10-11-20)26-29(24)21-6-3-2-4-7-21/h2-4,6-9,12-13,18,20H,5,10-11,14-17H2,1H3. The van der Waals surface area contributed by atoms with Crippen molar-refractivity contribution in [2.45, 2.75) is 37.0 Å². The van der Waals surface area contributed by atoms with Gasteiger partial charge in [-0.25, -0.2) is 13.1 Å². The number of sulfonamides is 1. The first-order valence-electron chi connectivity index (χ1n) is 11.4. The van der Waals surface area contributed by atoms with Crippen molar-refractivity contribution >= 4 is 15.9 Å². The quantitative estimate of drug-likeness (QED) is 0.578. The van der Waals surface area contributed by atoms with Gasteiger partial charge >= 0.3 is 0 Å². The molecule has 0 N–H and O–H groups in total. The van der Waals surface area contributed by atoms with E-state index < -0.39 is 10.0 Å². The summed E-state index contributed by atoms with van der Waals surface area (Å²) in [5, 5.41) is 4.75. The Bertz CT molecular complexity index is 1250. The van der Waals surface area contributed by atoms with E-state index in [4.69, 9.17) is 5.10 Å². The first-order chi connectivity index (χ1) is 15.9. The van der Waals surface area contributed by atoms with Crippen LogP contribution in [0, 0.1) is 6.92 Å². The van der Waals surface area contributed by atoms with Crippen LogP contribution in [-0.4, -0.2) is 59.5 Å². The van der Waals surface area contributed by atoms with Crippen molar-refractivity contribution in [2.24, 2.45) is 0 Å². The summed E-state index contributed by atoms with van der Waals surface area (Å²) in [6.07, 6.45) is 2.80. The van der Waals surface area contributed by atoms with Crippen LogP contribution in [0.2, 0.25) is 0 Å². The van der Waals surface area contributed by atoms with E-state index in [0.29, 0.717) is 42.6 Å². The van der Waals surface area contributed by atoms with Gasteiger partial charge in [0.2, 0.25) is 10.0 Å². The molecule has 0 spiro atoms. The maximum Gasteiger partial charge on any atom is 0.272 e. The zero-order valence-corrected chi connectivity index (χ0v) is 19.5. The fourth-order valence-corrected chi connectivity index (χ4v) is 5.72. The summed E-state index contributed by atoms with van der Waals surface area (Å²) in [6.45, 7) is 3.46. The molecule has 172 valence electrons. The van der Waals surface area contributed by atoms with E-state index in [1.54, 1.807) is 21.7 Å². The highest BCUT2D eigenvalue weighted by Gasteiger charge is 2.32. The maximum atomic E-state index is 13.6. The average molecular weight is 465 g/mol. The minimum atomic E-state index is -3.59. The third-order valence-electron chi connectivity index (χ3n) is 6.34. The van der Waals surface area contributed by atoms with Crippen molar-refractivity contribution < 1.29 is 13.2 Å². The van der Waals surface area contributed by atoms with Crippen LogP contribution < -0.4 is 0 Å². The molecular formula is C25H28N4O3S. The zero-order chi connectivity index (χ0) is 23.0. The van der Waals surface area contributed by atoms with Gasteiger partial charge in [-0.1, -0.05) is 35.9 Å². The minimum absolute atomic E-state index is 0.104. The molecule has 1 aliphatic carbocycles. The van der Waals surface area contributed by atoms with Gasteiger partial charge in [0, 0.05) is 32.1 Å². The lowest BCUT2D eigenvalue weighted by Crippen LogP contribution is -2.38. The second-order valence-electron chi connectivity index (χ2n) is 8.84. The van der Waals surface area contributed by atoms with Crippen LogP contribution in [0.15, 0.2) is 65.6 Å². The van der Waals surface area contributed by atoms with Gasteiger partial charge in [0.25, 0.3) is 5.91 Å². The van der Waals surface area contributed by atoms with Gasteiger partial charge < -0.3 is 4.90 Å². The number of aryl methyl sites for hydroxylation is 1. The largest absolute Gasteiger partial charge is 0.336 e. The fourth-order valence-electron chi connectivity index (χ4n) is 4.25. The normalized spacial score (nSPS) is 17.7. The molecule has 0 unspecified atom stereocenters. The number of para-hydroxylation sites is 1. The smallest absolute Gasteiger partial charge is 0.272 e. The number of amides is 1. The summed E-state index contributed by atoms with van der Waals surface area (Å²) < 4.78 is 29.5. The Morgan fingerprint density at radius 3 is 2.36 bits per heavy atom. The zero-order valence-electron chi connectivity index (χ0n) is 18.7. The van der Waals surface area contributed by atoms with Gasteiger partial charge in [-0.3, -0.25) is 4.79 Å². The highest BCUT2D eigenvalue weighted by atomic mass is 32.2. The molecule has 8 heteroatoms. The van der Waals surface area contributed by atoms with Gasteiger partial charge in [0.05, 0.1) is 16.3 Å². The summed E-state index contributed by atoms with van der Waals surface area (Å²) >= 11 is 0. The minimum Gasteiger partial charge on any atom is -0.336 e. The molecule has 1 aliphatic heterocycles. The van der Waals surface area contributed by atoms with Crippen molar-refractivity contribution in [3.05, 3.63) is 77.6 Å². The Labute approximate surface area is 194 Å². The Hall–Kier alpha value is -2.97. The monoisotopic (exact) mass is 464 g/mol. The number of aromatic nitrogens is 2. The third kappa shape index (κ3) is 4.45. The summed E-state index contributed by atoms with van der Waals surface area (Å²) in [4.78, 5) is 15.6. The Balaban J connectivity index is 1.37. The van der Waals surface area contributed by atoms with E-state index >= 15 is 0 Å². The molecular weight excluding hydrogens is 436 g/mol. The molecule has 2 aromatic carbocycles. The number of carbonyl (C=O) groups is 1. The summed E-state index contributed by atoms with van der Waals surface area (Å²) in [7, 11) is -3.59. The first-order valence-corrected chi connectivity index (χ1v) is 12.9. The van der Waals surface area contributed by atoms with E-state index in [2.05, 4.69) is 0 Å². The Morgan fingerprint density at radius 1 is 0.939 bits per heavy atom. The van der Waals surface area contributed by atoms with Gasteiger partial charge in [-0.05, 0) is 56.5 Å². The summed E-state index contributed by atoms with van der Waals surface area (Å²) in [5.41, 5.74) is 3.37. The third-order valence-corrected chi connectivity index (χ3v) is 8.26. The van der Waals surface area contributed by atoms with Crippen LogP contribution in [0.5, 0.6) is 0 Å². The Morgan fingerprint density at radius 2 is 1.67 bits per heavy atom. The molecule has 0 radical (unpaired) electrons. The number of hydrogen-bond acceptors (Lipinski definition) is 4. The molecule has 7 nitrogen and oxygen atoms in total. The fraction of sp³-hybridized carbons (Fsp3) is 0.360. The topological polar surface area (TPSA) is 75.5 Å². The maximum absolute atomic E-state index is 13.6. The summed E-state index contributed by atoms with van der Waals surface area (Å²) in [5.74, 6) is 0.327. The molecule has 0 bridgehead atoms. The molecule has 3 aromatic rings. The van der Waals surface area contributed by atoms with E-state index in [1.165, 1.54) is 4.31 Å². The van der Waals surface area contributed by atoms with Crippen LogP contribution in [0.3, 0.4) is 0 Å². The number of rotatable bonds is 5. The van der Waals surface area contributed by atoms with Crippen molar-refractivity contribution in [1.29, 1.82) is 0 Å². The van der Waals surface area contributed by atoms with Crippen LogP contribution >= 0.6 is 0 Å². The molecule has 1 amide bonds. The lowest BCUT2D eigenvalue weighted by molar-refractivity contribution is 0.0755. The molecule has 1 saturated carbocycles. The number of nitrogens with zero attached hydrogens (tertiary/aromatic N) is 4. The van der Waals surface area contributed by atoms with Gasteiger partial charge in [0.1, 0.15) is 5.69 Å². The number of benzene rings is 2. The van der Waals surface area contributed by atoms with Crippen LogP contribution in [0.1, 0.15) is 46.9 Å².